The highest BCUT2D eigenvalue weighted by Gasteiger charge is 2.23. The molecule has 2 heterocycles. The molecule has 3 aromatic rings. The van der Waals surface area contributed by atoms with Crippen LogP contribution in [0.25, 0.3) is 22.2 Å². The molecule has 5 heteroatoms. The molecule has 4 rings (SSSR count). The number of aromatic hydroxyl groups is 1. The Balaban J connectivity index is 1.80. The van der Waals surface area contributed by atoms with E-state index in [0.29, 0.717) is 22.7 Å². The number of piperidine rings is 1. The number of hydrogen-bond donors (Lipinski definition) is 1. The van der Waals surface area contributed by atoms with Crippen molar-refractivity contribution in [1.82, 2.24) is 15.1 Å². The zero-order chi connectivity index (χ0) is 19.7. The maximum atomic E-state index is 10.4. The number of likely N-dealkylation sites (N-methyl/N-ethyl adjacent to an activating group) is 1. The fraction of sp³-hybridized carbons (Fsp3) is 0.348. The SMILES string of the molecule is CCN1CCC[C@H](c2cccc3c(C)c(-c4ccc(C#N)cc4O)nnc23)C1. The predicted octanol–water partition coefficient (Wildman–Crippen LogP) is 4.38. The number of hydrogen-bond acceptors (Lipinski definition) is 5. The second-order valence-corrected chi connectivity index (χ2v) is 7.49. The highest BCUT2D eigenvalue weighted by Crippen LogP contribution is 2.36. The van der Waals surface area contributed by atoms with Gasteiger partial charge < -0.3 is 10.0 Å². The van der Waals surface area contributed by atoms with Crippen LogP contribution in [-0.2, 0) is 0 Å². The van der Waals surface area contributed by atoms with Gasteiger partial charge in [-0.15, -0.1) is 10.2 Å². The molecule has 0 bridgehead atoms. The van der Waals surface area contributed by atoms with Gasteiger partial charge in [-0.3, -0.25) is 0 Å². The second kappa shape index (κ2) is 7.57. The fourth-order valence-electron chi connectivity index (χ4n) is 4.26. The average Bonchev–Trinajstić information content (AvgIpc) is 2.74. The summed E-state index contributed by atoms with van der Waals surface area (Å²) in [5.41, 5.74) is 4.90. The monoisotopic (exact) mass is 372 g/mol. The Morgan fingerprint density at radius 2 is 2.11 bits per heavy atom. The topological polar surface area (TPSA) is 73.0 Å². The Bertz CT molecular complexity index is 1070. The first-order valence-corrected chi connectivity index (χ1v) is 9.84. The van der Waals surface area contributed by atoms with E-state index >= 15 is 0 Å². The van der Waals surface area contributed by atoms with Crippen LogP contribution in [0.4, 0.5) is 0 Å². The lowest BCUT2D eigenvalue weighted by atomic mass is 9.88. The van der Waals surface area contributed by atoms with Gasteiger partial charge >= 0.3 is 0 Å². The van der Waals surface area contributed by atoms with Crippen LogP contribution in [0, 0.1) is 18.3 Å². The number of fused-ring (bicyclic) bond motifs is 1. The summed E-state index contributed by atoms with van der Waals surface area (Å²) in [4.78, 5) is 2.50. The molecule has 0 amide bonds. The molecule has 28 heavy (non-hydrogen) atoms. The summed E-state index contributed by atoms with van der Waals surface area (Å²) >= 11 is 0. The van der Waals surface area contributed by atoms with E-state index < -0.39 is 0 Å². The minimum absolute atomic E-state index is 0.0535. The number of aryl methyl sites for hydroxylation is 1. The molecular formula is C23H24N4O. The summed E-state index contributed by atoms with van der Waals surface area (Å²) in [5.74, 6) is 0.526. The van der Waals surface area contributed by atoms with Crippen LogP contribution >= 0.6 is 0 Å². The first-order chi connectivity index (χ1) is 13.6. The van der Waals surface area contributed by atoms with E-state index in [2.05, 4.69) is 40.2 Å². The molecule has 0 aliphatic carbocycles. The first kappa shape index (κ1) is 18.4. The van der Waals surface area contributed by atoms with Gasteiger partial charge in [0.05, 0.1) is 17.1 Å². The standard InChI is InChI=1S/C23H24N4O/c1-3-27-11-5-6-17(14-27)19-8-4-7-18-15(2)22(25-26-23(18)19)20-10-9-16(13-24)12-21(20)28/h4,7-10,12,17,28H,3,5-6,11,14H2,1-2H3/t17-/m0/s1. The largest absolute Gasteiger partial charge is 0.507 e. The maximum absolute atomic E-state index is 10.4. The molecule has 5 nitrogen and oxygen atoms in total. The van der Waals surface area contributed by atoms with E-state index in [-0.39, 0.29) is 5.75 Å². The summed E-state index contributed by atoms with van der Waals surface area (Å²) < 4.78 is 0. The number of likely N-dealkylation sites (tertiary alicyclic amines) is 1. The number of nitrogens with zero attached hydrogens (tertiary/aromatic N) is 4. The van der Waals surface area contributed by atoms with Gasteiger partial charge in [0.25, 0.3) is 0 Å². The third-order valence-corrected chi connectivity index (χ3v) is 5.85. The molecule has 1 N–H and O–H groups in total. The van der Waals surface area contributed by atoms with Crippen molar-refractivity contribution in [3.05, 3.63) is 53.1 Å². The number of phenolic OH excluding ortho intramolecular Hbond substituents is 1. The molecule has 1 aliphatic heterocycles. The zero-order valence-corrected chi connectivity index (χ0v) is 16.3. The number of benzene rings is 2. The molecule has 1 aromatic heterocycles. The quantitative estimate of drug-likeness (QED) is 0.738. The lowest BCUT2D eigenvalue weighted by Crippen LogP contribution is -2.34. The van der Waals surface area contributed by atoms with Crippen molar-refractivity contribution in [2.75, 3.05) is 19.6 Å². The summed E-state index contributed by atoms with van der Waals surface area (Å²) in [6.07, 6.45) is 2.38. The number of phenols is 1. The molecule has 0 spiro atoms. The van der Waals surface area contributed by atoms with Gasteiger partial charge in [-0.2, -0.15) is 5.26 Å². The van der Waals surface area contributed by atoms with Gasteiger partial charge in [0.2, 0.25) is 0 Å². The van der Waals surface area contributed by atoms with Crippen molar-refractivity contribution >= 4 is 10.9 Å². The average molecular weight is 372 g/mol. The minimum atomic E-state index is 0.0535. The number of aromatic nitrogens is 2. The molecule has 0 radical (unpaired) electrons. The van der Waals surface area contributed by atoms with Gasteiger partial charge in [-0.25, -0.2) is 0 Å². The fourth-order valence-corrected chi connectivity index (χ4v) is 4.26. The first-order valence-electron chi connectivity index (χ1n) is 9.84. The Hall–Kier alpha value is -2.97. The van der Waals surface area contributed by atoms with Crippen molar-refractivity contribution in [3.8, 4) is 23.1 Å². The van der Waals surface area contributed by atoms with Crippen LogP contribution in [0.15, 0.2) is 36.4 Å². The van der Waals surface area contributed by atoms with Gasteiger partial charge in [-0.05, 0) is 68.1 Å². The Kier molecular flexibility index (Phi) is 4.97. The van der Waals surface area contributed by atoms with Crippen LogP contribution in [-0.4, -0.2) is 39.8 Å². The van der Waals surface area contributed by atoms with Crippen LogP contribution in [0.2, 0.25) is 0 Å². The van der Waals surface area contributed by atoms with Crippen molar-refractivity contribution in [2.24, 2.45) is 0 Å². The Morgan fingerprint density at radius 3 is 2.86 bits per heavy atom. The Morgan fingerprint density at radius 1 is 1.25 bits per heavy atom. The van der Waals surface area contributed by atoms with E-state index in [4.69, 9.17) is 5.26 Å². The minimum Gasteiger partial charge on any atom is -0.507 e. The molecule has 1 aliphatic rings. The predicted molar refractivity (Wildman–Crippen MR) is 110 cm³/mol. The van der Waals surface area contributed by atoms with E-state index in [1.54, 1.807) is 12.1 Å². The maximum Gasteiger partial charge on any atom is 0.126 e. The second-order valence-electron chi connectivity index (χ2n) is 7.49. The Labute approximate surface area is 165 Å². The van der Waals surface area contributed by atoms with Gasteiger partial charge in [0.1, 0.15) is 11.4 Å². The molecule has 1 fully saturated rings. The number of rotatable bonds is 3. The van der Waals surface area contributed by atoms with Crippen LogP contribution in [0.5, 0.6) is 5.75 Å². The van der Waals surface area contributed by atoms with Crippen molar-refractivity contribution in [2.45, 2.75) is 32.6 Å². The van der Waals surface area contributed by atoms with E-state index in [1.165, 1.54) is 31.0 Å². The summed E-state index contributed by atoms with van der Waals surface area (Å²) in [5, 5.41) is 29.5. The molecule has 142 valence electrons. The third kappa shape index (κ3) is 3.21. The van der Waals surface area contributed by atoms with Crippen molar-refractivity contribution in [1.29, 1.82) is 5.26 Å². The van der Waals surface area contributed by atoms with E-state index in [9.17, 15) is 5.11 Å². The molecule has 2 aromatic carbocycles. The summed E-state index contributed by atoms with van der Waals surface area (Å²) in [6.45, 7) is 7.55. The highest BCUT2D eigenvalue weighted by molar-refractivity contribution is 5.89. The normalized spacial score (nSPS) is 17.5. The lowest BCUT2D eigenvalue weighted by Gasteiger charge is -2.32. The van der Waals surface area contributed by atoms with Gasteiger partial charge in [0, 0.05) is 17.5 Å². The third-order valence-electron chi connectivity index (χ3n) is 5.85. The molecule has 0 saturated carbocycles. The van der Waals surface area contributed by atoms with Crippen LogP contribution in [0.1, 0.15) is 42.4 Å². The summed E-state index contributed by atoms with van der Waals surface area (Å²) in [6, 6.07) is 13.3. The molecule has 1 atom stereocenters. The van der Waals surface area contributed by atoms with Crippen molar-refractivity contribution < 1.29 is 5.11 Å². The smallest absolute Gasteiger partial charge is 0.126 e. The molecular weight excluding hydrogens is 348 g/mol. The van der Waals surface area contributed by atoms with Crippen molar-refractivity contribution in [3.63, 3.8) is 0 Å². The van der Waals surface area contributed by atoms with Gasteiger partial charge in [0.15, 0.2) is 0 Å². The van der Waals surface area contributed by atoms with Gasteiger partial charge in [-0.1, -0.05) is 25.1 Å². The van der Waals surface area contributed by atoms with Crippen LogP contribution in [0.3, 0.4) is 0 Å². The number of nitriles is 1. The molecule has 0 unspecified atom stereocenters. The molecule has 1 saturated heterocycles. The highest BCUT2D eigenvalue weighted by atomic mass is 16.3. The summed E-state index contributed by atoms with van der Waals surface area (Å²) in [7, 11) is 0. The van der Waals surface area contributed by atoms with E-state index in [0.717, 1.165) is 29.6 Å². The zero-order valence-electron chi connectivity index (χ0n) is 16.3. The lowest BCUT2D eigenvalue weighted by molar-refractivity contribution is 0.218. The van der Waals surface area contributed by atoms with Crippen LogP contribution < -0.4 is 0 Å². The van der Waals surface area contributed by atoms with E-state index in [1.807, 2.05) is 13.0 Å².